The van der Waals surface area contributed by atoms with E-state index in [1.54, 1.807) is 24.5 Å². The summed E-state index contributed by atoms with van der Waals surface area (Å²) in [5.74, 6) is 0.0355. The molecule has 2 aromatic heterocycles. The van der Waals surface area contributed by atoms with Crippen molar-refractivity contribution in [1.29, 1.82) is 0 Å². The number of pyridine rings is 1. The third-order valence-corrected chi connectivity index (χ3v) is 3.16. The molecule has 0 bridgehead atoms. The molecular formula is C16H14N4O2. The first kappa shape index (κ1) is 13.8. The fourth-order valence-electron chi connectivity index (χ4n) is 2.07. The summed E-state index contributed by atoms with van der Waals surface area (Å²) in [5.41, 5.74) is 3.00. The molecule has 6 nitrogen and oxygen atoms in total. The first-order chi connectivity index (χ1) is 10.8. The van der Waals surface area contributed by atoms with E-state index in [2.05, 4.69) is 20.5 Å². The molecule has 0 aliphatic rings. The van der Waals surface area contributed by atoms with Gasteiger partial charge in [-0.3, -0.25) is 9.89 Å². The van der Waals surface area contributed by atoms with Gasteiger partial charge in [-0.2, -0.15) is 5.10 Å². The van der Waals surface area contributed by atoms with Gasteiger partial charge in [-0.1, -0.05) is 12.1 Å². The molecule has 0 radical (unpaired) electrons. The van der Waals surface area contributed by atoms with Gasteiger partial charge in [0.05, 0.1) is 12.8 Å². The largest absolute Gasteiger partial charge is 0.480 e. The van der Waals surface area contributed by atoms with E-state index in [1.165, 1.54) is 7.11 Å². The van der Waals surface area contributed by atoms with Gasteiger partial charge in [-0.15, -0.1) is 0 Å². The summed E-state index contributed by atoms with van der Waals surface area (Å²) < 4.78 is 5.09. The number of amides is 1. The Balaban J connectivity index is 1.77. The van der Waals surface area contributed by atoms with Crippen molar-refractivity contribution in [3.8, 4) is 17.1 Å². The molecule has 2 N–H and O–H groups in total. The van der Waals surface area contributed by atoms with Crippen LogP contribution in [0.1, 0.15) is 10.4 Å². The minimum absolute atomic E-state index is 0.265. The monoisotopic (exact) mass is 294 g/mol. The van der Waals surface area contributed by atoms with Crippen LogP contribution < -0.4 is 10.1 Å². The van der Waals surface area contributed by atoms with E-state index in [0.717, 1.165) is 11.3 Å². The molecule has 1 aromatic carbocycles. The van der Waals surface area contributed by atoms with Crippen LogP contribution in [0, 0.1) is 0 Å². The molecule has 1 amide bonds. The zero-order valence-electron chi connectivity index (χ0n) is 11.9. The van der Waals surface area contributed by atoms with Gasteiger partial charge in [0, 0.05) is 18.1 Å². The molecule has 3 aromatic rings. The fraction of sp³-hybridized carbons (Fsp3) is 0.0625. The fourth-order valence-corrected chi connectivity index (χ4v) is 2.07. The number of hydrogen-bond donors (Lipinski definition) is 2. The molecule has 3 rings (SSSR count). The number of nitrogens with one attached hydrogen (secondary N) is 2. The van der Waals surface area contributed by atoms with Crippen LogP contribution >= 0.6 is 0 Å². The Hall–Kier alpha value is -3.15. The number of benzene rings is 1. The third-order valence-electron chi connectivity index (χ3n) is 3.16. The summed E-state index contributed by atoms with van der Waals surface area (Å²) in [6.45, 7) is 0. The number of hydrogen-bond acceptors (Lipinski definition) is 4. The standard InChI is InChI=1S/C16H14N4O2/c1-22-16-13(3-2-9-17-16)15(21)19-12-6-4-11(5-7-12)14-8-10-18-20-14/h2-10H,1H3,(H,18,20)(H,19,21). The first-order valence-corrected chi connectivity index (χ1v) is 6.68. The van der Waals surface area contributed by atoms with Crippen LogP contribution in [0.3, 0.4) is 0 Å². The maximum Gasteiger partial charge on any atom is 0.261 e. The Morgan fingerprint density at radius 2 is 1.95 bits per heavy atom. The van der Waals surface area contributed by atoms with Crippen molar-refractivity contribution in [3.05, 3.63) is 60.4 Å². The molecule has 2 heterocycles. The van der Waals surface area contributed by atoms with Gasteiger partial charge in [0.15, 0.2) is 0 Å². The summed E-state index contributed by atoms with van der Waals surface area (Å²) in [4.78, 5) is 16.3. The molecule has 6 heteroatoms. The number of carbonyl (C=O) groups is 1. The third kappa shape index (κ3) is 2.80. The van der Waals surface area contributed by atoms with Crippen LogP contribution in [0.15, 0.2) is 54.9 Å². The Bertz CT molecular complexity index is 767. The Kier molecular flexibility index (Phi) is 3.82. The van der Waals surface area contributed by atoms with Gasteiger partial charge >= 0.3 is 0 Å². The van der Waals surface area contributed by atoms with Crippen LogP contribution in [0.2, 0.25) is 0 Å². The lowest BCUT2D eigenvalue weighted by Gasteiger charge is -2.08. The van der Waals surface area contributed by atoms with Crippen molar-refractivity contribution >= 4 is 11.6 Å². The number of aromatic nitrogens is 3. The second kappa shape index (κ2) is 6.09. The lowest BCUT2D eigenvalue weighted by Crippen LogP contribution is -2.13. The highest BCUT2D eigenvalue weighted by Gasteiger charge is 2.12. The van der Waals surface area contributed by atoms with Crippen LogP contribution in [-0.4, -0.2) is 28.2 Å². The first-order valence-electron chi connectivity index (χ1n) is 6.68. The Morgan fingerprint density at radius 1 is 1.14 bits per heavy atom. The average Bonchev–Trinajstić information content (AvgIpc) is 3.10. The van der Waals surface area contributed by atoms with E-state index in [-0.39, 0.29) is 5.91 Å². The summed E-state index contributed by atoms with van der Waals surface area (Å²) in [5, 5.41) is 9.63. The molecule has 0 saturated heterocycles. The SMILES string of the molecule is COc1ncccc1C(=O)Nc1ccc(-c2ccn[nH]2)cc1. The Morgan fingerprint density at radius 3 is 2.64 bits per heavy atom. The Labute approximate surface area is 127 Å². The average molecular weight is 294 g/mol. The van der Waals surface area contributed by atoms with Crippen molar-refractivity contribution in [2.24, 2.45) is 0 Å². The summed E-state index contributed by atoms with van der Waals surface area (Å²) in [6, 6.07) is 12.7. The maximum atomic E-state index is 12.3. The number of rotatable bonds is 4. The molecule has 0 spiro atoms. The predicted octanol–water partition coefficient (Wildman–Crippen LogP) is 2.73. The van der Waals surface area contributed by atoms with Crippen molar-refractivity contribution in [3.63, 3.8) is 0 Å². The van der Waals surface area contributed by atoms with Crippen LogP contribution in [0.4, 0.5) is 5.69 Å². The molecule has 0 aliphatic carbocycles. The molecule has 0 unspecified atom stereocenters. The zero-order valence-corrected chi connectivity index (χ0v) is 11.9. The summed E-state index contributed by atoms with van der Waals surface area (Å²) >= 11 is 0. The molecule has 0 atom stereocenters. The molecule has 110 valence electrons. The predicted molar refractivity (Wildman–Crippen MR) is 82.8 cm³/mol. The van der Waals surface area contributed by atoms with Crippen LogP contribution in [0.5, 0.6) is 5.88 Å². The summed E-state index contributed by atoms with van der Waals surface area (Å²) in [6.07, 6.45) is 3.27. The van der Waals surface area contributed by atoms with Crippen molar-refractivity contribution in [2.75, 3.05) is 12.4 Å². The molecular weight excluding hydrogens is 280 g/mol. The van der Waals surface area contributed by atoms with Crippen LogP contribution in [0.25, 0.3) is 11.3 Å². The second-order valence-corrected chi connectivity index (χ2v) is 4.56. The molecule has 0 aliphatic heterocycles. The van der Waals surface area contributed by atoms with Crippen molar-refractivity contribution in [1.82, 2.24) is 15.2 Å². The van der Waals surface area contributed by atoms with Crippen molar-refractivity contribution in [2.45, 2.75) is 0 Å². The second-order valence-electron chi connectivity index (χ2n) is 4.56. The lowest BCUT2D eigenvalue weighted by atomic mass is 10.1. The molecule has 22 heavy (non-hydrogen) atoms. The zero-order chi connectivity index (χ0) is 15.4. The number of methoxy groups -OCH3 is 1. The van der Waals surface area contributed by atoms with E-state index >= 15 is 0 Å². The van der Waals surface area contributed by atoms with Gasteiger partial charge in [0.1, 0.15) is 5.56 Å². The quantitative estimate of drug-likeness (QED) is 0.775. The van der Waals surface area contributed by atoms with E-state index in [9.17, 15) is 4.79 Å². The minimum Gasteiger partial charge on any atom is -0.480 e. The minimum atomic E-state index is -0.265. The number of carbonyl (C=O) groups excluding carboxylic acids is 1. The van der Waals surface area contributed by atoms with Gasteiger partial charge in [-0.05, 0) is 35.9 Å². The highest BCUT2D eigenvalue weighted by atomic mass is 16.5. The summed E-state index contributed by atoms with van der Waals surface area (Å²) in [7, 11) is 1.48. The van der Waals surface area contributed by atoms with Crippen LogP contribution in [-0.2, 0) is 0 Å². The highest BCUT2D eigenvalue weighted by molar-refractivity contribution is 6.05. The highest BCUT2D eigenvalue weighted by Crippen LogP contribution is 2.20. The lowest BCUT2D eigenvalue weighted by molar-refractivity contribution is 0.102. The maximum absolute atomic E-state index is 12.3. The normalized spacial score (nSPS) is 10.2. The van der Waals surface area contributed by atoms with E-state index < -0.39 is 0 Å². The van der Waals surface area contributed by atoms with E-state index in [4.69, 9.17) is 4.74 Å². The van der Waals surface area contributed by atoms with Gasteiger partial charge in [0.25, 0.3) is 5.91 Å². The van der Waals surface area contributed by atoms with Gasteiger partial charge < -0.3 is 10.1 Å². The van der Waals surface area contributed by atoms with Crippen molar-refractivity contribution < 1.29 is 9.53 Å². The number of H-pyrrole nitrogens is 1. The number of nitrogens with zero attached hydrogens (tertiary/aromatic N) is 2. The number of aromatic amines is 1. The molecule has 0 saturated carbocycles. The van der Waals surface area contributed by atoms with Gasteiger partial charge in [-0.25, -0.2) is 4.98 Å². The number of anilines is 1. The van der Waals surface area contributed by atoms with E-state index in [0.29, 0.717) is 17.1 Å². The number of ether oxygens (including phenoxy) is 1. The van der Waals surface area contributed by atoms with E-state index in [1.807, 2.05) is 30.3 Å². The topological polar surface area (TPSA) is 79.9 Å². The smallest absolute Gasteiger partial charge is 0.261 e. The molecule has 0 fully saturated rings. The van der Waals surface area contributed by atoms with Gasteiger partial charge in [0.2, 0.25) is 5.88 Å².